The zero-order chi connectivity index (χ0) is 19.8. The van der Waals surface area contributed by atoms with Gasteiger partial charge in [-0.3, -0.25) is 4.79 Å². The number of anilines is 1. The quantitative estimate of drug-likeness (QED) is 0.499. The van der Waals surface area contributed by atoms with Gasteiger partial charge in [0, 0.05) is 0 Å². The number of para-hydroxylation sites is 1. The molecule has 0 unspecified atom stereocenters. The summed E-state index contributed by atoms with van der Waals surface area (Å²) in [7, 11) is 0. The van der Waals surface area contributed by atoms with Gasteiger partial charge in [-0.15, -0.1) is 0 Å². The molecule has 140 valence electrons. The molecule has 0 spiro atoms. The van der Waals surface area contributed by atoms with Gasteiger partial charge in [0.1, 0.15) is 11.6 Å². The molecule has 1 N–H and O–H groups in total. The van der Waals surface area contributed by atoms with Gasteiger partial charge in [0.25, 0.3) is 5.91 Å². The van der Waals surface area contributed by atoms with Gasteiger partial charge in [-0.25, -0.2) is 0 Å². The van der Waals surface area contributed by atoms with Crippen LogP contribution in [0, 0.1) is 11.3 Å². The number of ether oxygens (including phenoxy) is 2. The lowest BCUT2D eigenvalue weighted by Crippen LogP contribution is -2.13. The molecule has 0 radical (unpaired) electrons. The minimum absolute atomic E-state index is 0.0994. The molecule has 0 saturated carbocycles. The number of carbonyl (C=O) groups excluding carboxylic acids is 1. The number of hydrogen-bond acceptors (Lipinski definition) is 4. The van der Waals surface area contributed by atoms with E-state index in [-0.39, 0.29) is 5.57 Å². The molecular weight excluding hydrogens is 387 g/mol. The zero-order valence-electron chi connectivity index (χ0n) is 14.9. The molecule has 1 amide bonds. The van der Waals surface area contributed by atoms with E-state index in [1.165, 1.54) is 6.08 Å². The Balaban J connectivity index is 2.35. The summed E-state index contributed by atoms with van der Waals surface area (Å²) in [5.74, 6) is 0.299. The van der Waals surface area contributed by atoms with E-state index in [0.29, 0.717) is 46.0 Å². The molecule has 0 atom stereocenters. The third-order valence-corrected chi connectivity index (χ3v) is 4.03. The predicted octanol–water partition coefficient (Wildman–Crippen LogP) is 5.34. The number of benzene rings is 2. The first-order chi connectivity index (χ1) is 13.0. The molecule has 0 saturated heterocycles. The van der Waals surface area contributed by atoms with Gasteiger partial charge in [-0.05, 0) is 49.8 Å². The van der Waals surface area contributed by atoms with Crippen molar-refractivity contribution in [3.63, 3.8) is 0 Å². The van der Waals surface area contributed by atoms with E-state index in [4.69, 9.17) is 32.7 Å². The Morgan fingerprint density at radius 1 is 1.15 bits per heavy atom. The third-order valence-electron chi connectivity index (χ3n) is 3.42. The summed E-state index contributed by atoms with van der Waals surface area (Å²) in [5.41, 5.74) is 0.861. The number of nitrogens with one attached hydrogen (secondary N) is 1. The lowest BCUT2D eigenvalue weighted by molar-refractivity contribution is -0.112. The maximum absolute atomic E-state index is 12.4. The molecule has 27 heavy (non-hydrogen) atoms. The van der Waals surface area contributed by atoms with Crippen molar-refractivity contribution in [2.45, 2.75) is 13.8 Å². The van der Waals surface area contributed by atoms with E-state index in [9.17, 15) is 10.1 Å². The largest absolute Gasteiger partial charge is 0.490 e. The summed E-state index contributed by atoms with van der Waals surface area (Å²) < 4.78 is 11.1. The van der Waals surface area contributed by atoms with Gasteiger partial charge in [-0.1, -0.05) is 35.3 Å². The van der Waals surface area contributed by atoms with Crippen LogP contribution in [0.1, 0.15) is 19.4 Å². The van der Waals surface area contributed by atoms with E-state index in [0.717, 1.165) is 0 Å². The standard InChI is InChI=1S/C20H18Cl2N2O3/c1-3-26-18-11-13(10-16(22)19(18)27-4-2)9-14(12-23)20(25)24-17-8-6-5-7-15(17)21/h5-11H,3-4H2,1-2H3,(H,24,25)/b14-9+. The molecule has 0 bridgehead atoms. The highest BCUT2D eigenvalue weighted by molar-refractivity contribution is 6.34. The maximum Gasteiger partial charge on any atom is 0.266 e. The van der Waals surface area contributed by atoms with E-state index in [1.807, 2.05) is 19.9 Å². The van der Waals surface area contributed by atoms with E-state index in [1.54, 1.807) is 36.4 Å². The van der Waals surface area contributed by atoms with Crippen LogP contribution in [-0.2, 0) is 4.79 Å². The average molecular weight is 405 g/mol. The molecule has 2 aromatic carbocycles. The first kappa shape index (κ1) is 20.6. The summed E-state index contributed by atoms with van der Waals surface area (Å²) in [4.78, 5) is 12.4. The van der Waals surface area contributed by atoms with Gasteiger partial charge in [0.05, 0.1) is 28.9 Å². The SMILES string of the molecule is CCOc1cc(/C=C(\C#N)C(=O)Nc2ccccc2Cl)cc(Cl)c1OCC. The van der Waals surface area contributed by atoms with Crippen LogP contribution in [0.4, 0.5) is 5.69 Å². The van der Waals surface area contributed by atoms with E-state index in [2.05, 4.69) is 5.32 Å². The monoisotopic (exact) mass is 404 g/mol. The van der Waals surface area contributed by atoms with E-state index >= 15 is 0 Å². The van der Waals surface area contributed by atoms with Crippen molar-refractivity contribution < 1.29 is 14.3 Å². The molecule has 0 aliphatic carbocycles. The van der Waals surface area contributed by atoms with Crippen LogP contribution in [0.15, 0.2) is 42.0 Å². The molecule has 0 aliphatic rings. The molecular formula is C20H18Cl2N2O3. The number of halogens is 2. The second-order valence-electron chi connectivity index (χ2n) is 5.30. The van der Waals surface area contributed by atoms with Gasteiger partial charge in [-0.2, -0.15) is 5.26 Å². The first-order valence-electron chi connectivity index (χ1n) is 8.26. The van der Waals surface area contributed by atoms with Crippen molar-refractivity contribution in [3.8, 4) is 17.6 Å². The first-order valence-corrected chi connectivity index (χ1v) is 9.02. The minimum Gasteiger partial charge on any atom is -0.490 e. The van der Waals surface area contributed by atoms with Crippen LogP contribution >= 0.6 is 23.2 Å². The highest BCUT2D eigenvalue weighted by atomic mass is 35.5. The molecule has 0 heterocycles. The Labute approximate surface area is 168 Å². The third kappa shape index (κ3) is 5.40. The molecule has 5 nitrogen and oxygen atoms in total. The van der Waals surface area contributed by atoms with Crippen molar-refractivity contribution in [2.75, 3.05) is 18.5 Å². The van der Waals surface area contributed by atoms with Crippen LogP contribution < -0.4 is 14.8 Å². The minimum atomic E-state index is -0.575. The number of carbonyl (C=O) groups is 1. The summed E-state index contributed by atoms with van der Waals surface area (Å²) in [5, 5.41) is 12.7. The van der Waals surface area contributed by atoms with Crippen molar-refractivity contribution >= 4 is 40.9 Å². The number of nitriles is 1. The summed E-state index contributed by atoms with van der Waals surface area (Å²) in [6, 6.07) is 11.9. The molecule has 2 rings (SSSR count). The summed E-state index contributed by atoms with van der Waals surface area (Å²) in [6.07, 6.45) is 1.43. The fourth-order valence-electron chi connectivity index (χ4n) is 2.29. The molecule has 7 heteroatoms. The van der Waals surface area contributed by atoms with Crippen LogP contribution in [0.5, 0.6) is 11.5 Å². The highest BCUT2D eigenvalue weighted by Gasteiger charge is 2.15. The Bertz CT molecular complexity index is 905. The number of rotatable bonds is 7. The lowest BCUT2D eigenvalue weighted by atomic mass is 10.1. The Kier molecular flexibility index (Phi) is 7.54. The Morgan fingerprint density at radius 3 is 2.48 bits per heavy atom. The van der Waals surface area contributed by atoms with Crippen LogP contribution in [-0.4, -0.2) is 19.1 Å². The average Bonchev–Trinajstić information content (AvgIpc) is 2.64. The van der Waals surface area contributed by atoms with Crippen LogP contribution in [0.3, 0.4) is 0 Å². The van der Waals surface area contributed by atoms with Crippen molar-refractivity contribution in [3.05, 3.63) is 57.6 Å². The molecule has 0 aromatic heterocycles. The zero-order valence-corrected chi connectivity index (χ0v) is 16.4. The van der Waals surface area contributed by atoms with Crippen molar-refractivity contribution in [1.29, 1.82) is 5.26 Å². The second-order valence-corrected chi connectivity index (χ2v) is 6.11. The Hall–Kier alpha value is -2.68. The van der Waals surface area contributed by atoms with E-state index < -0.39 is 5.91 Å². The molecule has 0 aliphatic heterocycles. The normalized spacial score (nSPS) is 10.9. The molecule has 2 aromatic rings. The predicted molar refractivity (Wildman–Crippen MR) is 107 cm³/mol. The van der Waals surface area contributed by atoms with Crippen LogP contribution in [0.25, 0.3) is 6.08 Å². The smallest absolute Gasteiger partial charge is 0.266 e. The maximum atomic E-state index is 12.4. The number of nitrogens with zero attached hydrogens (tertiary/aromatic N) is 1. The number of amides is 1. The lowest BCUT2D eigenvalue weighted by Gasteiger charge is -2.13. The van der Waals surface area contributed by atoms with Gasteiger partial charge in [0.2, 0.25) is 0 Å². The summed E-state index contributed by atoms with van der Waals surface area (Å²) >= 11 is 12.3. The van der Waals surface area contributed by atoms with Gasteiger partial charge >= 0.3 is 0 Å². The second kappa shape index (κ2) is 9.86. The Morgan fingerprint density at radius 2 is 1.85 bits per heavy atom. The number of hydrogen-bond donors (Lipinski definition) is 1. The molecule has 0 fully saturated rings. The van der Waals surface area contributed by atoms with Crippen molar-refractivity contribution in [2.24, 2.45) is 0 Å². The summed E-state index contributed by atoms with van der Waals surface area (Å²) in [6.45, 7) is 4.52. The van der Waals surface area contributed by atoms with Gasteiger partial charge in [0.15, 0.2) is 11.5 Å². The van der Waals surface area contributed by atoms with Gasteiger partial charge < -0.3 is 14.8 Å². The van der Waals surface area contributed by atoms with Crippen LogP contribution in [0.2, 0.25) is 10.0 Å². The fourth-order valence-corrected chi connectivity index (χ4v) is 2.74. The highest BCUT2D eigenvalue weighted by Crippen LogP contribution is 2.37. The fraction of sp³-hybridized carbons (Fsp3) is 0.200. The van der Waals surface area contributed by atoms with Crippen molar-refractivity contribution in [1.82, 2.24) is 0 Å². The topological polar surface area (TPSA) is 71.3 Å².